The molecule has 114 valence electrons. The van der Waals surface area contributed by atoms with Gasteiger partial charge in [-0.25, -0.2) is 0 Å². The van der Waals surface area contributed by atoms with Gasteiger partial charge >= 0.3 is 0 Å². The van der Waals surface area contributed by atoms with Crippen LogP contribution in [0.5, 0.6) is 0 Å². The van der Waals surface area contributed by atoms with E-state index in [0.717, 1.165) is 22.0 Å². The number of fused-ring (bicyclic) bond motifs is 1. The molecule has 2 nitrogen and oxygen atoms in total. The van der Waals surface area contributed by atoms with Crippen LogP contribution in [0, 0.1) is 13.8 Å². The summed E-state index contributed by atoms with van der Waals surface area (Å²) in [5.41, 5.74) is 4.19. The third-order valence-electron chi connectivity index (χ3n) is 4.05. The first kappa shape index (κ1) is 15.0. The highest BCUT2D eigenvalue weighted by atomic mass is 16.1. The van der Waals surface area contributed by atoms with Crippen molar-refractivity contribution in [3.05, 3.63) is 89.6 Å². The summed E-state index contributed by atoms with van der Waals surface area (Å²) in [6.45, 7) is 4.16. The van der Waals surface area contributed by atoms with Gasteiger partial charge in [-0.15, -0.1) is 0 Å². The molecule has 1 N–H and O–H groups in total. The molecule has 3 aromatic rings. The standard InChI is InChI=1S/C21H19NO/c1-15-10-11-18(14-16(15)2)22-13-12-21(23)20-9-5-7-17-6-3-4-8-19(17)20/h3-14,22H,1-2H3/b13-12+. The van der Waals surface area contributed by atoms with Crippen molar-refractivity contribution < 1.29 is 4.79 Å². The SMILES string of the molecule is Cc1ccc(N/C=C/C(=O)c2cccc3ccccc23)cc1C. The topological polar surface area (TPSA) is 29.1 Å². The van der Waals surface area contributed by atoms with Gasteiger partial charge in [0.2, 0.25) is 0 Å². The largest absolute Gasteiger partial charge is 0.362 e. The summed E-state index contributed by atoms with van der Waals surface area (Å²) >= 11 is 0. The van der Waals surface area contributed by atoms with Crippen LogP contribution in [0.2, 0.25) is 0 Å². The van der Waals surface area contributed by atoms with Gasteiger partial charge in [-0.05, 0) is 47.9 Å². The van der Waals surface area contributed by atoms with Gasteiger partial charge in [0.25, 0.3) is 0 Å². The fourth-order valence-corrected chi connectivity index (χ4v) is 2.57. The molecule has 0 saturated heterocycles. The summed E-state index contributed by atoms with van der Waals surface area (Å²) < 4.78 is 0. The van der Waals surface area contributed by atoms with Gasteiger partial charge in [0, 0.05) is 23.5 Å². The van der Waals surface area contributed by atoms with Crippen molar-refractivity contribution in [2.24, 2.45) is 0 Å². The van der Waals surface area contributed by atoms with Crippen molar-refractivity contribution in [3.8, 4) is 0 Å². The molecule has 2 heteroatoms. The average Bonchev–Trinajstić information content (AvgIpc) is 2.57. The zero-order valence-corrected chi connectivity index (χ0v) is 13.3. The highest BCUT2D eigenvalue weighted by molar-refractivity contribution is 6.13. The summed E-state index contributed by atoms with van der Waals surface area (Å²) in [7, 11) is 0. The first-order valence-electron chi connectivity index (χ1n) is 7.67. The third-order valence-corrected chi connectivity index (χ3v) is 4.05. The Morgan fingerprint density at radius 2 is 1.70 bits per heavy atom. The van der Waals surface area contributed by atoms with Crippen LogP contribution in [0.25, 0.3) is 10.8 Å². The molecule has 0 aliphatic carbocycles. The third kappa shape index (κ3) is 3.32. The lowest BCUT2D eigenvalue weighted by Gasteiger charge is -2.05. The minimum atomic E-state index is -0.00173. The molecule has 0 heterocycles. The van der Waals surface area contributed by atoms with Gasteiger partial charge in [0.15, 0.2) is 5.78 Å². The Bertz CT molecular complexity index is 888. The summed E-state index contributed by atoms with van der Waals surface area (Å²) in [6.07, 6.45) is 3.28. The maximum absolute atomic E-state index is 12.4. The van der Waals surface area contributed by atoms with Crippen LogP contribution in [0.15, 0.2) is 72.9 Å². The molecular formula is C21H19NO. The van der Waals surface area contributed by atoms with Crippen molar-refractivity contribution in [1.29, 1.82) is 0 Å². The van der Waals surface area contributed by atoms with Crippen LogP contribution in [-0.4, -0.2) is 5.78 Å². The second-order valence-corrected chi connectivity index (χ2v) is 5.67. The molecule has 3 rings (SSSR count). The quantitative estimate of drug-likeness (QED) is 0.525. The highest BCUT2D eigenvalue weighted by Crippen LogP contribution is 2.19. The van der Waals surface area contributed by atoms with E-state index in [1.54, 1.807) is 12.3 Å². The molecule has 0 atom stereocenters. The second kappa shape index (κ2) is 6.49. The van der Waals surface area contributed by atoms with Crippen molar-refractivity contribution in [3.63, 3.8) is 0 Å². The minimum absolute atomic E-state index is 0.00173. The Morgan fingerprint density at radius 3 is 2.52 bits per heavy atom. The van der Waals surface area contributed by atoms with Gasteiger partial charge in [-0.1, -0.05) is 48.5 Å². The van der Waals surface area contributed by atoms with E-state index in [9.17, 15) is 4.79 Å². The zero-order chi connectivity index (χ0) is 16.2. The molecule has 0 aliphatic heterocycles. The van der Waals surface area contributed by atoms with Crippen LogP contribution in [0.3, 0.4) is 0 Å². The molecule has 0 saturated carbocycles. The fourth-order valence-electron chi connectivity index (χ4n) is 2.57. The van der Waals surface area contributed by atoms with Crippen molar-refractivity contribution >= 4 is 22.2 Å². The number of rotatable bonds is 4. The number of ketones is 1. The van der Waals surface area contributed by atoms with E-state index < -0.39 is 0 Å². The molecular weight excluding hydrogens is 282 g/mol. The van der Waals surface area contributed by atoms with Gasteiger partial charge in [0.1, 0.15) is 0 Å². The average molecular weight is 301 g/mol. The predicted molar refractivity (Wildman–Crippen MR) is 97.0 cm³/mol. The fraction of sp³-hybridized carbons (Fsp3) is 0.0952. The van der Waals surface area contributed by atoms with Crippen molar-refractivity contribution in [2.45, 2.75) is 13.8 Å². The number of anilines is 1. The number of allylic oxidation sites excluding steroid dienone is 1. The number of carbonyl (C=O) groups excluding carboxylic acids is 1. The molecule has 0 amide bonds. The molecule has 0 aliphatic rings. The highest BCUT2D eigenvalue weighted by Gasteiger charge is 2.06. The first-order valence-corrected chi connectivity index (χ1v) is 7.67. The number of carbonyl (C=O) groups is 1. The zero-order valence-electron chi connectivity index (χ0n) is 13.3. The maximum Gasteiger partial charge on any atom is 0.187 e. The molecule has 0 fully saturated rings. The van der Waals surface area contributed by atoms with E-state index in [0.29, 0.717) is 0 Å². The van der Waals surface area contributed by atoms with Gasteiger partial charge in [0.05, 0.1) is 0 Å². The van der Waals surface area contributed by atoms with Crippen molar-refractivity contribution in [2.75, 3.05) is 5.32 Å². The van der Waals surface area contributed by atoms with Crippen LogP contribution in [0.4, 0.5) is 5.69 Å². The molecule has 3 aromatic carbocycles. The minimum Gasteiger partial charge on any atom is -0.362 e. The number of hydrogen-bond acceptors (Lipinski definition) is 2. The van der Waals surface area contributed by atoms with Crippen molar-refractivity contribution in [1.82, 2.24) is 0 Å². The molecule has 0 aromatic heterocycles. The monoisotopic (exact) mass is 301 g/mol. The first-order chi connectivity index (χ1) is 11.1. The predicted octanol–water partition coefficient (Wildman–Crippen LogP) is 5.27. The van der Waals surface area contributed by atoms with Crippen LogP contribution >= 0.6 is 0 Å². The molecule has 0 radical (unpaired) electrons. The summed E-state index contributed by atoms with van der Waals surface area (Å²) in [5.74, 6) is -0.00173. The van der Waals surface area contributed by atoms with Crippen LogP contribution in [0.1, 0.15) is 21.5 Å². The normalized spacial score (nSPS) is 11.0. The summed E-state index contributed by atoms with van der Waals surface area (Å²) in [6, 6.07) is 19.9. The molecule has 0 unspecified atom stereocenters. The Labute approximate surface area is 136 Å². The van der Waals surface area contributed by atoms with Gasteiger partial charge < -0.3 is 5.32 Å². The Kier molecular flexibility index (Phi) is 4.24. The summed E-state index contributed by atoms with van der Waals surface area (Å²) in [4.78, 5) is 12.4. The van der Waals surface area contributed by atoms with E-state index in [1.807, 2.05) is 48.5 Å². The molecule has 0 spiro atoms. The van der Waals surface area contributed by atoms with Gasteiger partial charge in [-0.2, -0.15) is 0 Å². The molecule has 23 heavy (non-hydrogen) atoms. The molecule has 0 bridgehead atoms. The van der Waals surface area contributed by atoms with E-state index in [2.05, 4.69) is 31.3 Å². The van der Waals surface area contributed by atoms with E-state index in [-0.39, 0.29) is 5.78 Å². The van der Waals surface area contributed by atoms with E-state index in [1.165, 1.54) is 11.1 Å². The summed E-state index contributed by atoms with van der Waals surface area (Å²) in [5, 5.41) is 5.22. The lowest BCUT2D eigenvalue weighted by atomic mass is 10.0. The Balaban J connectivity index is 1.79. The van der Waals surface area contributed by atoms with Gasteiger partial charge in [-0.3, -0.25) is 4.79 Å². The van der Waals surface area contributed by atoms with E-state index >= 15 is 0 Å². The number of nitrogens with one attached hydrogen (secondary N) is 1. The smallest absolute Gasteiger partial charge is 0.187 e. The Hall–Kier alpha value is -2.87. The number of aryl methyl sites for hydroxylation is 2. The van der Waals surface area contributed by atoms with Crippen LogP contribution in [-0.2, 0) is 0 Å². The Morgan fingerprint density at radius 1 is 0.913 bits per heavy atom. The van der Waals surface area contributed by atoms with E-state index in [4.69, 9.17) is 0 Å². The lowest BCUT2D eigenvalue weighted by molar-refractivity contribution is 0.104. The number of benzene rings is 3. The maximum atomic E-state index is 12.4. The van der Waals surface area contributed by atoms with Crippen LogP contribution < -0.4 is 5.32 Å². The second-order valence-electron chi connectivity index (χ2n) is 5.67. The number of hydrogen-bond donors (Lipinski definition) is 1. The lowest BCUT2D eigenvalue weighted by Crippen LogP contribution is -1.97.